The molecule has 0 aromatic rings. The molecule has 0 radical (unpaired) electrons. The van der Waals surface area contributed by atoms with E-state index in [0.717, 1.165) is 62.5 Å². The smallest absolute Gasteiger partial charge is 0.172 e. The van der Waals surface area contributed by atoms with Crippen molar-refractivity contribution in [3.8, 4) is 0 Å². The van der Waals surface area contributed by atoms with Crippen molar-refractivity contribution < 1.29 is 47.8 Å². The molecule has 1 spiro atoms. The van der Waals surface area contributed by atoms with E-state index in [0.29, 0.717) is 38.0 Å². The number of ether oxygens (including phenoxy) is 8. The van der Waals surface area contributed by atoms with Crippen LogP contribution in [0.1, 0.15) is 97.3 Å². The number of carbonyl (C=O) groups excluding carboxylic acids is 1. The van der Waals surface area contributed by atoms with Crippen LogP contribution in [0.3, 0.4) is 0 Å². The van der Waals surface area contributed by atoms with Gasteiger partial charge < -0.3 is 43.0 Å². The van der Waals surface area contributed by atoms with E-state index in [1.165, 1.54) is 0 Å². The number of hydrogen-bond acceptors (Lipinski definition) is 10. The second kappa shape index (κ2) is 14.6. The van der Waals surface area contributed by atoms with E-state index in [1.807, 2.05) is 0 Å². The van der Waals surface area contributed by atoms with E-state index in [2.05, 4.69) is 49.6 Å². The molecule has 0 amide bonds. The van der Waals surface area contributed by atoms with Gasteiger partial charge in [0.15, 0.2) is 5.79 Å². The van der Waals surface area contributed by atoms with Gasteiger partial charge in [0.25, 0.3) is 0 Å². The molecular weight excluding hydrogens is 755 g/mol. The number of rotatable bonds is 2. The van der Waals surface area contributed by atoms with Gasteiger partial charge in [0.2, 0.25) is 0 Å². The molecule has 11 heteroatoms. The summed E-state index contributed by atoms with van der Waals surface area (Å²) in [4.78, 5) is 13.9. The van der Waals surface area contributed by atoms with E-state index in [1.54, 1.807) is 7.11 Å². The van der Waals surface area contributed by atoms with Crippen LogP contribution in [0.15, 0.2) is 24.3 Å². The van der Waals surface area contributed by atoms with Gasteiger partial charge >= 0.3 is 0 Å². The minimum Gasteiger partial charge on any atom is -0.390 e. The summed E-state index contributed by atoms with van der Waals surface area (Å²) in [5.74, 6) is -0.522. The Kier molecular flexibility index (Phi) is 10.7. The highest BCUT2D eigenvalue weighted by atomic mass is 127. The van der Waals surface area contributed by atoms with Gasteiger partial charge in [-0.15, -0.1) is 0 Å². The first-order valence-corrected chi connectivity index (χ1v) is 20.6. The lowest BCUT2D eigenvalue weighted by Gasteiger charge is -2.49. The standard InChI is InChI=1S/C39H57IO10/c1-6-28-34(43-5)26-16-22(41)15-24-8-10-30-36(46-24)38-33(40)37(48-30)35-27(42)18-39(49-35,50-38)12-11-25-14-20(3)29(44-25)9-7-23-13-19(2)21(4)31(45-23)17-32(26)47-28/h19,23-38,42H,3-4,6-18H2,1-2,5H3/t19-,23+,24-,25+,26+,27-,28-,29+,30+,31?,32+,33-,34-,35+,36?,37-,38-,39+/m1/s1. The Bertz CT molecular complexity index is 1300. The molecule has 18 atom stereocenters. The lowest BCUT2D eigenvalue weighted by Crippen LogP contribution is -2.63. The highest BCUT2D eigenvalue weighted by Gasteiger charge is 2.62. The van der Waals surface area contributed by atoms with E-state index >= 15 is 0 Å². The molecule has 8 saturated heterocycles. The molecule has 0 saturated carbocycles. The number of aliphatic hydroxyl groups is 1. The molecule has 0 aromatic carbocycles. The number of halogens is 1. The molecule has 8 aliphatic rings. The van der Waals surface area contributed by atoms with Crippen LogP contribution in [-0.2, 0) is 42.7 Å². The summed E-state index contributed by atoms with van der Waals surface area (Å²) in [6, 6.07) is 0. The Morgan fingerprint density at radius 3 is 2.40 bits per heavy atom. The topological polar surface area (TPSA) is 111 Å². The molecule has 0 aliphatic carbocycles. The lowest BCUT2D eigenvalue weighted by atomic mass is 9.81. The maximum Gasteiger partial charge on any atom is 0.172 e. The fraction of sp³-hybridized carbons (Fsp3) is 0.872. The van der Waals surface area contributed by atoms with Gasteiger partial charge in [-0.25, -0.2) is 0 Å². The zero-order chi connectivity index (χ0) is 34.9. The van der Waals surface area contributed by atoms with Crippen molar-refractivity contribution >= 4 is 28.4 Å². The summed E-state index contributed by atoms with van der Waals surface area (Å²) in [5, 5.41) is 11.2. The Morgan fingerprint density at radius 2 is 1.60 bits per heavy atom. The van der Waals surface area contributed by atoms with Crippen molar-refractivity contribution in [2.75, 3.05) is 7.11 Å². The summed E-state index contributed by atoms with van der Waals surface area (Å²) in [5.41, 5.74) is 2.24. The van der Waals surface area contributed by atoms with Crippen LogP contribution in [0.5, 0.6) is 0 Å². The molecule has 8 rings (SSSR count). The van der Waals surface area contributed by atoms with Crippen LogP contribution in [0.4, 0.5) is 0 Å². The normalized spacial score (nSPS) is 52.7. The minimum absolute atomic E-state index is 0.0156. The second-order valence-corrected chi connectivity index (χ2v) is 18.0. The predicted octanol–water partition coefficient (Wildman–Crippen LogP) is 5.54. The molecule has 8 aliphatic heterocycles. The van der Waals surface area contributed by atoms with Gasteiger partial charge in [-0.1, -0.05) is 49.6 Å². The first kappa shape index (κ1) is 36.5. The Morgan fingerprint density at radius 1 is 0.840 bits per heavy atom. The first-order valence-electron chi connectivity index (χ1n) is 19.4. The van der Waals surface area contributed by atoms with Gasteiger partial charge in [-0.05, 0) is 68.4 Å². The number of carbonyl (C=O) groups is 1. The second-order valence-electron chi connectivity index (χ2n) is 16.6. The molecule has 1 N–H and O–H groups in total. The summed E-state index contributed by atoms with van der Waals surface area (Å²) >= 11 is 2.40. The third kappa shape index (κ3) is 6.85. The zero-order valence-electron chi connectivity index (χ0n) is 29.9. The fourth-order valence-corrected chi connectivity index (χ4v) is 11.7. The van der Waals surface area contributed by atoms with Gasteiger partial charge in [-0.2, -0.15) is 0 Å². The Labute approximate surface area is 310 Å². The van der Waals surface area contributed by atoms with E-state index in [9.17, 15) is 9.90 Å². The zero-order valence-corrected chi connectivity index (χ0v) is 32.1. The molecular formula is C39H57IO10. The molecule has 8 heterocycles. The van der Waals surface area contributed by atoms with Crippen molar-refractivity contribution in [3.63, 3.8) is 0 Å². The number of alkyl halides is 1. The third-order valence-corrected chi connectivity index (χ3v) is 14.7. The van der Waals surface area contributed by atoms with Crippen molar-refractivity contribution in [2.24, 2.45) is 11.8 Å². The molecule has 280 valence electrons. The molecule has 10 nitrogen and oxygen atoms in total. The first-order chi connectivity index (χ1) is 24.0. The van der Waals surface area contributed by atoms with Crippen LogP contribution in [-0.4, -0.2) is 113 Å². The highest BCUT2D eigenvalue weighted by molar-refractivity contribution is 14.1. The summed E-state index contributed by atoms with van der Waals surface area (Å²) in [7, 11) is 1.74. The van der Waals surface area contributed by atoms with Gasteiger partial charge in [0, 0.05) is 45.1 Å². The molecule has 50 heavy (non-hydrogen) atoms. The van der Waals surface area contributed by atoms with E-state index in [-0.39, 0.29) is 88.9 Å². The summed E-state index contributed by atoms with van der Waals surface area (Å²) in [6.07, 6.45) is 6.04. The fourth-order valence-electron chi connectivity index (χ4n) is 10.6. The number of Topliss-reactive ketones (excluding diaryl/α,β-unsaturated/α-hetero) is 1. The third-order valence-electron chi connectivity index (χ3n) is 13.3. The van der Waals surface area contributed by atoms with Gasteiger partial charge in [-0.3, -0.25) is 4.79 Å². The van der Waals surface area contributed by atoms with Crippen LogP contribution in [0.25, 0.3) is 0 Å². The lowest BCUT2D eigenvalue weighted by molar-refractivity contribution is -0.274. The van der Waals surface area contributed by atoms with Crippen LogP contribution in [0, 0.1) is 11.8 Å². The van der Waals surface area contributed by atoms with Crippen LogP contribution < -0.4 is 0 Å². The molecule has 8 fully saturated rings. The highest BCUT2D eigenvalue weighted by Crippen LogP contribution is 2.51. The van der Waals surface area contributed by atoms with Crippen molar-refractivity contribution in [1.82, 2.24) is 0 Å². The van der Waals surface area contributed by atoms with Gasteiger partial charge in [0.05, 0.1) is 65.0 Å². The monoisotopic (exact) mass is 812 g/mol. The quantitative estimate of drug-likeness (QED) is 0.217. The largest absolute Gasteiger partial charge is 0.390 e. The van der Waals surface area contributed by atoms with Crippen molar-refractivity contribution in [1.29, 1.82) is 0 Å². The minimum atomic E-state index is -0.941. The maximum atomic E-state index is 13.9. The average Bonchev–Trinajstić information content (AvgIpc) is 3.72. The summed E-state index contributed by atoms with van der Waals surface area (Å²) in [6.45, 7) is 13.3. The van der Waals surface area contributed by atoms with E-state index in [4.69, 9.17) is 37.9 Å². The predicted molar refractivity (Wildman–Crippen MR) is 192 cm³/mol. The van der Waals surface area contributed by atoms with Crippen LogP contribution >= 0.6 is 22.6 Å². The van der Waals surface area contributed by atoms with Crippen molar-refractivity contribution in [2.45, 2.75) is 192 Å². The number of methoxy groups -OCH3 is 1. The average molecular weight is 813 g/mol. The molecule has 0 aromatic heterocycles. The number of hydrogen-bond donors (Lipinski definition) is 1. The maximum absolute atomic E-state index is 13.9. The number of aliphatic hydroxyl groups excluding tert-OH is 1. The van der Waals surface area contributed by atoms with Gasteiger partial charge in [0.1, 0.15) is 30.2 Å². The number of ketones is 1. The van der Waals surface area contributed by atoms with E-state index < -0.39 is 18.0 Å². The van der Waals surface area contributed by atoms with Crippen LogP contribution in [0.2, 0.25) is 0 Å². The number of fused-ring (bicyclic) bond motifs is 9. The summed E-state index contributed by atoms with van der Waals surface area (Å²) < 4.78 is 53.2. The van der Waals surface area contributed by atoms with Crippen molar-refractivity contribution in [3.05, 3.63) is 24.3 Å². The SMILES string of the molecule is C=C1C2C[C@@H]3O[C@H](CC)[C@H](OC)[C@H]3CC(=O)C[C@H]3CC[C@@H]4O[C@@H]5[C@@H](I)[C@@H](O[C@@]6(CC[C@H]7CC(=C)[C@H](CC[C@@H](C[C@H]1C)O2)O7)C[C@@H](O)[C@@H]5O6)C4O3. The Hall–Kier alpha value is -0.480. The molecule has 2 unspecified atom stereocenters. The molecule has 10 bridgehead atoms. The Balaban J connectivity index is 1.07.